The van der Waals surface area contributed by atoms with Gasteiger partial charge < -0.3 is 0 Å². The third-order valence-corrected chi connectivity index (χ3v) is 14.2. The van der Waals surface area contributed by atoms with E-state index >= 15 is 0 Å². The molecule has 0 aromatic heterocycles. The first-order chi connectivity index (χ1) is 34.5. The summed E-state index contributed by atoms with van der Waals surface area (Å²) in [6.45, 7) is 0. The van der Waals surface area contributed by atoms with Crippen molar-refractivity contribution in [2.24, 2.45) is 0 Å². The van der Waals surface area contributed by atoms with Gasteiger partial charge >= 0.3 is 24.7 Å². The Balaban J connectivity index is 0.000000220. The second kappa shape index (κ2) is 21.6. The van der Waals surface area contributed by atoms with Gasteiger partial charge in [-0.1, -0.05) is 192 Å². The first kappa shape index (κ1) is 53.2. The number of carbonyl (C=O) groups is 1. The lowest BCUT2D eigenvalue weighted by Crippen LogP contribution is -2.74. The van der Waals surface area contributed by atoms with Gasteiger partial charge in [0.05, 0.1) is 22.3 Å². The molecule has 372 valence electrons. The lowest BCUT2D eigenvalue weighted by molar-refractivity contribution is -0.138. The van der Waals surface area contributed by atoms with Gasteiger partial charge in [-0.25, -0.2) is 0 Å². The van der Waals surface area contributed by atoms with Crippen molar-refractivity contribution < 1.29 is 61.7 Å². The van der Waals surface area contributed by atoms with Crippen molar-refractivity contribution in [2.75, 3.05) is 5.75 Å². The van der Waals surface area contributed by atoms with E-state index in [2.05, 4.69) is 23.3 Å². The van der Waals surface area contributed by atoms with Crippen molar-refractivity contribution in [2.45, 2.75) is 36.0 Å². The highest BCUT2D eigenvalue weighted by atomic mass is 32.2. The number of rotatable bonds is 10. The molecule has 0 amide bonds. The molecule has 73 heavy (non-hydrogen) atoms. The summed E-state index contributed by atoms with van der Waals surface area (Å²) in [6.07, 6.45) is -21.2. The Morgan fingerprint density at radius 1 is 0.397 bits per heavy atom. The summed E-state index contributed by atoms with van der Waals surface area (Å²) in [7, 11) is -2.88. The van der Waals surface area contributed by atoms with Gasteiger partial charge in [0.25, 0.3) is 0 Å². The fraction of sp³-hybridized carbons (Fsp3) is 0.105. The quantitative estimate of drug-likeness (QED) is 0.0450. The molecule has 1 unspecified atom stereocenters. The Hall–Kier alpha value is -7.64. The van der Waals surface area contributed by atoms with E-state index in [1.807, 2.05) is 91.0 Å². The minimum atomic E-state index is -4.77. The molecule has 0 spiro atoms. The van der Waals surface area contributed by atoms with E-state index in [4.69, 9.17) is 0 Å². The molecule has 16 heteroatoms. The third kappa shape index (κ3) is 12.9. The lowest BCUT2D eigenvalue weighted by atomic mass is 9.13. The molecule has 8 aromatic rings. The predicted octanol–water partition coefficient (Wildman–Crippen LogP) is 13.2. The van der Waals surface area contributed by atoms with Gasteiger partial charge in [0, 0.05) is 11.1 Å². The van der Waals surface area contributed by atoms with Crippen molar-refractivity contribution >= 4 is 43.7 Å². The van der Waals surface area contributed by atoms with Gasteiger partial charge in [-0.05, 0) is 47.7 Å². The summed E-state index contributed by atoms with van der Waals surface area (Å²) >= 11 is 0. The summed E-state index contributed by atoms with van der Waals surface area (Å²) in [5.74, 6) is 2.68. The van der Waals surface area contributed by atoms with Crippen molar-refractivity contribution in [1.82, 2.24) is 0 Å². The largest absolute Gasteiger partial charge is 0.416 e. The van der Waals surface area contributed by atoms with Crippen molar-refractivity contribution in [1.29, 1.82) is 0 Å². The van der Waals surface area contributed by atoms with Crippen molar-refractivity contribution in [3.63, 3.8) is 0 Å². The van der Waals surface area contributed by atoms with Crippen molar-refractivity contribution in [3.05, 3.63) is 257 Å². The summed E-state index contributed by atoms with van der Waals surface area (Å²) in [6, 6.07) is 49.8. The fourth-order valence-corrected chi connectivity index (χ4v) is 10.2. The second-order valence-corrected chi connectivity index (χ2v) is 19.2. The van der Waals surface area contributed by atoms with E-state index in [-0.39, 0.29) is 33.4 Å². The van der Waals surface area contributed by atoms with Crippen LogP contribution in [-0.2, 0) is 45.3 Å². The number of carbonyl (C=O) groups excluding carboxylic acids is 1. The molecule has 0 saturated heterocycles. The molecule has 0 aliphatic carbocycles. The highest BCUT2D eigenvalue weighted by molar-refractivity contribution is 8.07. The molecule has 0 aliphatic rings. The highest BCUT2D eigenvalue weighted by Crippen LogP contribution is 2.33. The maximum Gasteiger partial charge on any atom is 0.416 e. The Labute approximate surface area is 413 Å². The summed E-state index contributed by atoms with van der Waals surface area (Å²) in [5, 5.41) is 2.93. The van der Waals surface area contributed by atoms with Crippen LogP contribution in [0.5, 0.6) is 0 Å². The van der Waals surface area contributed by atoms with Crippen LogP contribution in [0.15, 0.2) is 217 Å². The molecule has 0 aliphatic heterocycles. The fourth-order valence-electron chi connectivity index (χ4n) is 8.39. The summed E-state index contributed by atoms with van der Waals surface area (Å²) in [4.78, 5) is 13.6. The monoisotopic (exact) mass is 1030 g/mol. The van der Waals surface area contributed by atoms with E-state index in [1.165, 1.54) is 5.56 Å². The zero-order chi connectivity index (χ0) is 52.7. The lowest BCUT2D eigenvalue weighted by Gasteiger charge is -2.44. The topological polar surface area (TPSA) is 34.1 Å². The van der Waals surface area contributed by atoms with E-state index in [0.717, 1.165) is 66.1 Å². The third-order valence-electron chi connectivity index (χ3n) is 12.1. The number of hydrogen-bond donors (Lipinski definition) is 0. The number of ketones is 1. The Morgan fingerprint density at radius 2 is 0.712 bits per heavy atom. The predicted molar refractivity (Wildman–Crippen MR) is 261 cm³/mol. The van der Waals surface area contributed by atoms with Gasteiger partial charge in [0.2, 0.25) is 15.7 Å². The summed E-state index contributed by atoms with van der Waals surface area (Å²) in [5.41, 5.74) is -0.631. The van der Waals surface area contributed by atoms with E-state index in [0.29, 0.717) is 59.0 Å². The van der Waals surface area contributed by atoms with Crippen molar-refractivity contribution in [3.8, 4) is 11.2 Å². The molecular weight excluding hydrogens is 987 g/mol. The van der Waals surface area contributed by atoms with Gasteiger partial charge in [-0.2, -0.15) is 74.5 Å². The van der Waals surface area contributed by atoms with Crippen LogP contribution in [0.4, 0.5) is 52.7 Å². The van der Waals surface area contributed by atoms with E-state index in [1.54, 1.807) is 12.1 Å². The van der Waals surface area contributed by atoms with Crippen LogP contribution in [0.1, 0.15) is 49.3 Å². The minimum Gasteiger partial charge on any atom is -0.289 e. The molecule has 0 saturated carbocycles. The van der Waals surface area contributed by atoms with Gasteiger partial charge in [0.1, 0.15) is 6.15 Å². The zero-order valence-corrected chi connectivity index (χ0v) is 38.8. The van der Waals surface area contributed by atoms with E-state index < -0.39 is 63.0 Å². The highest BCUT2D eigenvalue weighted by Gasteiger charge is 2.39. The average molecular weight is 1030 g/mol. The van der Waals surface area contributed by atoms with Gasteiger partial charge in [-0.15, -0.1) is 0 Å². The maximum absolute atomic E-state index is 13.9. The van der Waals surface area contributed by atoms with Crippen LogP contribution in [0, 0.1) is 11.2 Å². The molecule has 0 heterocycles. The molecule has 0 N–H and O–H groups in total. The normalized spacial score (nSPS) is 12.9. The van der Waals surface area contributed by atoms with Crippen LogP contribution in [0.3, 0.4) is 0 Å². The molecule has 8 aromatic carbocycles. The number of halogens is 12. The standard InChI is InChI=1S/C29H23O2S.C28H16BF12/c30-29(27-18-16-26(17-19-27)22-25-12-6-2-7-13-25)23-32(31,28-14-8-3-9-15-28)21-20-24-10-4-1-5-11-24;30-25(31,32)17-1-9-21(10-2-17)29(22-11-3-18(4-12-22)26(33,34)35,23-13-5-19(6-14-23)27(36,37)38)24-15-7-20(8-16-24)28(39,40)41/h1-19H,22-23H2;1-16H/q+1;-1. The SMILES string of the molecule is FC(F)(F)c1ccc([B-](c2ccc(C(F)(F)F)cc2)(c2ccc(C(F)(F)F)cc2)c2ccc(C(F)(F)F)cc2)cc1.O=C(C[S+](=O)(C#Cc1ccccc1)c1ccccc1)c1ccc(Cc2ccccc2)cc1. The van der Waals surface area contributed by atoms with Crippen LogP contribution < -0.4 is 21.9 Å². The van der Waals surface area contributed by atoms with Gasteiger partial charge in [-0.3, -0.25) is 4.79 Å². The Morgan fingerprint density at radius 3 is 1.05 bits per heavy atom. The molecule has 0 radical (unpaired) electrons. The van der Waals surface area contributed by atoms with Crippen LogP contribution in [0.2, 0.25) is 0 Å². The molecule has 0 bridgehead atoms. The Kier molecular flexibility index (Phi) is 15.7. The number of benzene rings is 8. The molecule has 8 rings (SSSR count). The molecular formula is C57H39BF12O2S. The van der Waals surface area contributed by atoms with Crippen LogP contribution in [0.25, 0.3) is 0 Å². The van der Waals surface area contributed by atoms with E-state index in [9.17, 15) is 61.7 Å². The first-order valence-corrected chi connectivity index (χ1v) is 23.9. The minimum absolute atomic E-state index is 0.0114. The molecule has 0 fully saturated rings. The first-order valence-electron chi connectivity index (χ1n) is 22.1. The zero-order valence-electron chi connectivity index (χ0n) is 38.0. The molecule has 2 nitrogen and oxygen atoms in total. The second-order valence-electron chi connectivity index (χ2n) is 16.9. The number of hydrogen-bond acceptors (Lipinski definition) is 2. The van der Waals surface area contributed by atoms with Gasteiger partial charge in [0.15, 0.2) is 15.9 Å². The summed E-state index contributed by atoms with van der Waals surface area (Å²) < 4.78 is 174. The van der Waals surface area contributed by atoms with Crippen LogP contribution >= 0.6 is 0 Å². The number of Topliss-reactive ketones (excluding diaryl/α,β-unsaturated/α-hetero) is 1. The Bertz CT molecular complexity index is 2980. The number of alkyl halides is 12. The smallest absolute Gasteiger partial charge is 0.289 e. The average Bonchev–Trinajstić information content (AvgIpc) is 3.37. The maximum atomic E-state index is 13.9. The molecule has 1 atom stereocenters. The van der Waals surface area contributed by atoms with Crippen LogP contribution in [-0.4, -0.2) is 17.7 Å².